The smallest absolute Gasteiger partial charge is 0.254 e. The predicted molar refractivity (Wildman–Crippen MR) is 122 cm³/mol. The molecular formula is C22H26Cl2N2O5. The van der Waals surface area contributed by atoms with E-state index >= 15 is 0 Å². The molecule has 0 aliphatic rings. The summed E-state index contributed by atoms with van der Waals surface area (Å²) >= 11 is 12.2. The van der Waals surface area contributed by atoms with Gasteiger partial charge in [0.25, 0.3) is 5.91 Å². The molecule has 168 valence electrons. The van der Waals surface area contributed by atoms with Crippen molar-refractivity contribution >= 4 is 40.7 Å². The lowest BCUT2D eigenvalue weighted by Crippen LogP contribution is -2.35. The Morgan fingerprint density at radius 1 is 0.935 bits per heavy atom. The Hall–Kier alpha value is -2.64. The second-order valence-corrected chi connectivity index (χ2v) is 7.22. The summed E-state index contributed by atoms with van der Waals surface area (Å²) in [5.74, 6) is 0.424. The van der Waals surface area contributed by atoms with Crippen molar-refractivity contribution in [1.29, 1.82) is 0 Å². The standard InChI is InChI=1S/C22H26Cl2N2O5/c1-5-29-17-11-14(12-18(30-6-2)21(17)31-7-3)22(28)26(4)13-19(27)25-20-15(23)9-8-10-16(20)24/h8-12H,5-7,13H2,1-4H3,(H,25,27). The van der Waals surface area contributed by atoms with E-state index in [4.69, 9.17) is 37.4 Å². The van der Waals surface area contributed by atoms with Crippen molar-refractivity contribution in [3.05, 3.63) is 45.9 Å². The van der Waals surface area contributed by atoms with Gasteiger partial charge in [0, 0.05) is 12.6 Å². The lowest BCUT2D eigenvalue weighted by Gasteiger charge is -2.20. The summed E-state index contributed by atoms with van der Waals surface area (Å²) in [5.41, 5.74) is 0.608. The highest BCUT2D eigenvalue weighted by Crippen LogP contribution is 2.39. The molecule has 31 heavy (non-hydrogen) atoms. The number of hydrogen-bond acceptors (Lipinski definition) is 5. The Bertz CT molecular complexity index is 889. The number of hydrogen-bond donors (Lipinski definition) is 1. The second-order valence-electron chi connectivity index (χ2n) is 6.41. The number of carbonyl (C=O) groups is 2. The summed E-state index contributed by atoms with van der Waals surface area (Å²) in [6.45, 7) is 6.50. The van der Waals surface area contributed by atoms with Gasteiger partial charge in [-0.25, -0.2) is 0 Å². The highest BCUT2D eigenvalue weighted by Gasteiger charge is 2.22. The van der Waals surface area contributed by atoms with E-state index in [0.29, 0.717) is 58.4 Å². The van der Waals surface area contributed by atoms with Crippen molar-refractivity contribution in [2.45, 2.75) is 20.8 Å². The SMILES string of the molecule is CCOc1cc(C(=O)N(C)CC(=O)Nc2c(Cl)cccc2Cl)cc(OCC)c1OCC. The molecular weight excluding hydrogens is 443 g/mol. The minimum Gasteiger partial charge on any atom is -0.490 e. The van der Waals surface area contributed by atoms with E-state index < -0.39 is 5.91 Å². The van der Waals surface area contributed by atoms with Crippen LogP contribution in [0.4, 0.5) is 5.69 Å². The van der Waals surface area contributed by atoms with Gasteiger partial charge in [0.05, 0.1) is 42.1 Å². The van der Waals surface area contributed by atoms with Crippen molar-refractivity contribution in [2.24, 2.45) is 0 Å². The Morgan fingerprint density at radius 2 is 1.45 bits per heavy atom. The maximum atomic E-state index is 13.0. The molecule has 7 nitrogen and oxygen atoms in total. The first-order valence-corrected chi connectivity index (χ1v) is 10.6. The number of benzene rings is 2. The van der Waals surface area contributed by atoms with Crippen LogP contribution in [-0.2, 0) is 4.79 Å². The van der Waals surface area contributed by atoms with Gasteiger partial charge in [-0.2, -0.15) is 0 Å². The number of ether oxygens (including phenoxy) is 3. The zero-order valence-corrected chi connectivity index (χ0v) is 19.5. The summed E-state index contributed by atoms with van der Waals surface area (Å²) in [6, 6.07) is 8.07. The highest BCUT2D eigenvalue weighted by molar-refractivity contribution is 6.39. The van der Waals surface area contributed by atoms with Crippen molar-refractivity contribution in [3.8, 4) is 17.2 Å². The van der Waals surface area contributed by atoms with Gasteiger partial charge in [-0.3, -0.25) is 9.59 Å². The molecule has 0 aliphatic carbocycles. The molecule has 0 spiro atoms. The van der Waals surface area contributed by atoms with Crippen LogP contribution in [0.15, 0.2) is 30.3 Å². The quantitative estimate of drug-likeness (QED) is 0.536. The van der Waals surface area contributed by atoms with E-state index in [-0.39, 0.29) is 12.5 Å². The number of carbonyl (C=O) groups excluding carboxylic acids is 2. The van der Waals surface area contributed by atoms with Gasteiger partial charge < -0.3 is 24.4 Å². The predicted octanol–water partition coefficient (Wildman–Crippen LogP) is 4.90. The summed E-state index contributed by atoms with van der Waals surface area (Å²) in [4.78, 5) is 26.7. The number of anilines is 1. The average molecular weight is 469 g/mol. The number of amides is 2. The molecule has 0 saturated carbocycles. The minimum absolute atomic E-state index is 0.207. The Morgan fingerprint density at radius 3 is 1.94 bits per heavy atom. The zero-order valence-electron chi connectivity index (χ0n) is 18.0. The monoisotopic (exact) mass is 468 g/mol. The van der Waals surface area contributed by atoms with Gasteiger partial charge in [-0.05, 0) is 45.0 Å². The van der Waals surface area contributed by atoms with Crippen molar-refractivity contribution in [2.75, 3.05) is 38.7 Å². The Labute approximate surface area is 192 Å². The lowest BCUT2D eigenvalue weighted by molar-refractivity contribution is -0.116. The maximum absolute atomic E-state index is 13.0. The van der Waals surface area contributed by atoms with Crippen molar-refractivity contribution in [3.63, 3.8) is 0 Å². The van der Waals surface area contributed by atoms with E-state index in [1.54, 1.807) is 30.3 Å². The van der Waals surface area contributed by atoms with Crippen molar-refractivity contribution in [1.82, 2.24) is 4.90 Å². The van der Waals surface area contributed by atoms with Crippen LogP contribution < -0.4 is 19.5 Å². The Kier molecular flexibility index (Phi) is 9.27. The molecule has 0 radical (unpaired) electrons. The molecule has 0 aromatic heterocycles. The average Bonchev–Trinajstić information content (AvgIpc) is 2.72. The third-order valence-electron chi connectivity index (χ3n) is 4.11. The van der Waals surface area contributed by atoms with Crippen LogP contribution in [-0.4, -0.2) is 50.1 Å². The first-order valence-electron chi connectivity index (χ1n) is 9.88. The molecule has 1 N–H and O–H groups in total. The van der Waals surface area contributed by atoms with Gasteiger partial charge in [-0.15, -0.1) is 0 Å². The van der Waals surface area contributed by atoms with Crippen LogP contribution in [0.5, 0.6) is 17.2 Å². The van der Waals surface area contributed by atoms with Crippen LogP contribution in [0.2, 0.25) is 10.0 Å². The van der Waals surface area contributed by atoms with E-state index in [1.165, 1.54) is 11.9 Å². The molecule has 0 heterocycles. The van der Waals surface area contributed by atoms with Gasteiger partial charge in [-0.1, -0.05) is 29.3 Å². The zero-order chi connectivity index (χ0) is 23.0. The van der Waals surface area contributed by atoms with E-state index in [1.807, 2.05) is 20.8 Å². The van der Waals surface area contributed by atoms with Crippen LogP contribution in [0.3, 0.4) is 0 Å². The van der Waals surface area contributed by atoms with Gasteiger partial charge in [0.2, 0.25) is 11.7 Å². The molecule has 0 aliphatic heterocycles. The van der Waals surface area contributed by atoms with Gasteiger partial charge in [0.15, 0.2) is 11.5 Å². The molecule has 2 rings (SSSR count). The van der Waals surface area contributed by atoms with Crippen LogP contribution in [0.1, 0.15) is 31.1 Å². The molecule has 2 aromatic rings. The van der Waals surface area contributed by atoms with Crippen molar-refractivity contribution < 1.29 is 23.8 Å². The second kappa shape index (κ2) is 11.7. The highest BCUT2D eigenvalue weighted by atomic mass is 35.5. The normalized spacial score (nSPS) is 10.4. The van der Waals surface area contributed by atoms with E-state index in [9.17, 15) is 9.59 Å². The minimum atomic E-state index is -0.438. The molecule has 2 aromatic carbocycles. The third-order valence-corrected chi connectivity index (χ3v) is 4.74. The number of likely N-dealkylation sites (N-methyl/N-ethyl adjacent to an activating group) is 1. The summed E-state index contributed by atoms with van der Waals surface area (Å²) < 4.78 is 17.0. The molecule has 0 saturated heterocycles. The topological polar surface area (TPSA) is 77.1 Å². The fourth-order valence-corrected chi connectivity index (χ4v) is 3.31. The number of halogens is 2. The number of para-hydroxylation sites is 1. The summed E-state index contributed by atoms with van der Waals surface area (Å²) in [6.07, 6.45) is 0. The van der Waals surface area contributed by atoms with E-state index in [2.05, 4.69) is 5.32 Å². The number of rotatable bonds is 10. The summed E-state index contributed by atoms with van der Waals surface area (Å²) in [5, 5.41) is 3.26. The van der Waals surface area contributed by atoms with Crippen LogP contribution >= 0.6 is 23.2 Å². The number of nitrogens with one attached hydrogen (secondary N) is 1. The molecule has 0 unspecified atom stereocenters. The molecule has 0 atom stereocenters. The first-order chi connectivity index (χ1) is 14.8. The molecule has 2 amide bonds. The third kappa shape index (κ3) is 6.42. The largest absolute Gasteiger partial charge is 0.490 e. The molecule has 9 heteroatoms. The molecule has 0 fully saturated rings. The molecule has 0 bridgehead atoms. The van der Waals surface area contributed by atoms with Gasteiger partial charge in [0.1, 0.15) is 0 Å². The van der Waals surface area contributed by atoms with Crippen LogP contribution in [0, 0.1) is 0 Å². The maximum Gasteiger partial charge on any atom is 0.254 e. The first kappa shape index (κ1) is 24.6. The van der Waals surface area contributed by atoms with Crippen LogP contribution in [0.25, 0.3) is 0 Å². The van der Waals surface area contributed by atoms with Gasteiger partial charge >= 0.3 is 0 Å². The summed E-state index contributed by atoms with van der Waals surface area (Å²) in [7, 11) is 1.52. The fourth-order valence-electron chi connectivity index (χ4n) is 2.82. The van der Waals surface area contributed by atoms with E-state index in [0.717, 1.165) is 0 Å². The fraction of sp³-hybridized carbons (Fsp3) is 0.364. The number of nitrogens with zero attached hydrogens (tertiary/aromatic N) is 1. The lowest BCUT2D eigenvalue weighted by atomic mass is 10.1. The Balaban J connectivity index is 2.23.